The van der Waals surface area contributed by atoms with Crippen LogP contribution in [0.5, 0.6) is 0 Å². The average Bonchev–Trinajstić information content (AvgIpc) is 2.95. The van der Waals surface area contributed by atoms with Crippen molar-refractivity contribution >= 4 is 32.8 Å². The zero-order valence-electron chi connectivity index (χ0n) is 14.1. The van der Waals surface area contributed by atoms with Crippen LogP contribution in [-0.2, 0) is 11.3 Å². The van der Waals surface area contributed by atoms with Gasteiger partial charge in [0.05, 0.1) is 17.4 Å². The van der Waals surface area contributed by atoms with Crippen LogP contribution in [0.3, 0.4) is 0 Å². The third-order valence-corrected chi connectivity index (χ3v) is 5.21. The molecular formula is C18H20BrN5O. The van der Waals surface area contributed by atoms with Crippen molar-refractivity contribution in [2.24, 2.45) is 5.92 Å². The topological polar surface area (TPSA) is 78.8 Å². The molecule has 0 radical (unpaired) electrons. The molecule has 0 aliphatic carbocycles. The number of nitrogens with zero attached hydrogens (tertiary/aromatic N) is 4. The Labute approximate surface area is 154 Å². The van der Waals surface area contributed by atoms with Crippen molar-refractivity contribution in [3.63, 3.8) is 0 Å². The van der Waals surface area contributed by atoms with Crippen LogP contribution >= 0.6 is 15.9 Å². The smallest absolute Gasteiger partial charge is 0.220 e. The third-order valence-electron chi connectivity index (χ3n) is 4.78. The second kappa shape index (κ2) is 6.72. The molecule has 3 aromatic rings. The van der Waals surface area contributed by atoms with Crippen LogP contribution in [-0.4, -0.2) is 32.7 Å². The number of halogens is 1. The number of nitrogens with two attached hydrogens (primary N) is 1. The lowest BCUT2D eigenvalue weighted by molar-refractivity contribution is 0.0616. The number of ether oxygens (including phenoxy) is 1. The number of nitrogen functional groups attached to an aromatic ring is 1. The molecule has 25 heavy (non-hydrogen) atoms. The lowest BCUT2D eigenvalue weighted by Gasteiger charge is -2.22. The molecule has 0 aromatic carbocycles. The van der Waals surface area contributed by atoms with Crippen LogP contribution in [0, 0.1) is 12.8 Å². The minimum Gasteiger partial charge on any atom is -0.381 e. The number of pyridine rings is 1. The Bertz CT molecular complexity index is 917. The third kappa shape index (κ3) is 3.26. The van der Waals surface area contributed by atoms with Crippen LogP contribution < -0.4 is 5.73 Å². The van der Waals surface area contributed by atoms with Gasteiger partial charge in [-0.1, -0.05) is 0 Å². The molecule has 130 valence electrons. The van der Waals surface area contributed by atoms with E-state index in [0.29, 0.717) is 11.9 Å². The quantitative estimate of drug-likeness (QED) is 0.678. The van der Waals surface area contributed by atoms with E-state index in [0.717, 1.165) is 64.9 Å². The fourth-order valence-corrected chi connectivity index (χ4v) is 3.77. The SMILES string of the molecule is Cc1cnc(N)nc1-c1cn(CC2CCOCC2)c2cnc(Br)cc12. The van der Waals surface area contributed by atoms with Gasteiger partial charge in [0, 0.05) is 43.1 Å². The molecule has 1 fully saturated rings. The van der Waals surface area contributed by atoms with Crippen molar-refractivity contribution in [1.29, 1.82) is 0 Å². The molecule has 3 aromatic heterocycles. The molecule has 6 nitrogen and oxygen atoms in total. The molecule has 0 atom stereocenters. The van der Waals surface area contributed by atoms with Gasteiger partial charge in [-0.25, -0.2) is 15.0 Å². The number of aryl methyl sites for hydroxylation is 1. The van der Waals surface area contributed by atoms with E-state index < -0.39 is 0 Å². The Balaban J connectivity index is 1.83. The summed E-state index contributed by atoms with van der Waals surface area (Å²) in [4.78, 5) is 13.0. The van der Waals surface area contributed by atoms with Gasteiger partial charge in [0.15, 0.2) is 0 Å². The van der Waals surface area contributed by atoms with Crippen molar-refractivity contribution in [2.45, 2.75) is 26.3 Å². The van der Waals surface area contributed by atoms with Gasteiger partial charge in [-0.2, -0.15) is 0 Å². The molecule has 0 bridgehead atoms. The molecule has 4 heterocycles. The molecule has 0 unspecified atom stereocenters. The Morgan fingerprint density at radius 3 is 2.88 bits per heavy atom. The monoisotopic (exact) mass is 401 g/mol. The van der Waals surface area contributed by atoms with Crippen LogP contribution in [0.2, 0.25) is 0 Å². The van der Waals surface area contributed by atoms with E-state index in [1.54, 1.807) is 6.20 Å². The predicted molar refractivity (Wildman–Crippen MR) is 101 cm³/mol. The molecule has 1 aliphatic heterocycles. The summed E-state index contributed by atoms with van der Waals surface area (Å²) in [7, 11) is 0. The summed E-state index contributed by atoms with van der Waals surface area (Å²) in [5.74, 6) is 0.913. The zero-order chi connectivity index (χ0) is 17.4. The minimum absolute atomic E-state index is 0.291. The Hall–Kier alpha value is -1.99. The Morgan fingerprint density at radius 1 is 1.28 bits per heavy atom. The van der Waals surface area contributed by atoms with Crippen molar-refractivity contribution in [1.82, 2.24) is 19.5 Å². The maximum atomic E-state index is 5.83. The number of fused-ring (bicyclic) bond motifs is 1. The minimum atomic E-state index is 0.291. The van der Waals surface area contributed by atoms with Crippen molar-refractivity contribution < 1.29 is 4.74 Å². The van der Waals surface area contributed by atoms with Crippen LogP contribution in [0.25, 0.3) is 22.2 Å². The summed E-state index contributed by atoms with van der Waals surface area (Å²) in [6.45, 7) is 4.67. The molecule has 2 N–H and O–H groups in total. The summed E-state index contributed by atoms with van der Waals surface area (Å²) >= 11 is 3.49. The van der Waals surface area contributed by atoms with Gasteiger partial charge < -0.3 is 15.0 Å². The van der Waals surface area contributed by atoms with Gasteiger partial charge in [0.1, 0.15) is 4.60 Å². The van der Waals surface area contributed by atoms with E-state index in [4.69, 9.17) is 10.5 Å². The second-order valence-electron chi connectivity index (χ2n) is 6.53. The van der Waals surface area contributed by atoms with Crippen LogP contribution in [0.15, 0.2) is 29.3 Å². The fraction of sp³-hybridized carbons (Fsp3) is 0.389. The highest BCUT2D eigenvalue weighted by atomic mass is 79.9. The van der Waals surface area contributed by atoms with Gasteiger partial charge in [0.25, 0.3) is 0 Å². The van der Waals surface area contributed by atoms with Crippen molar-refractivity contribution in [2.75, 3.05) is 18.9 Å². The lowest BCUT2D eigenvalue weighted by Crippen LogP contribution is -2.20. The summed E-state index contributed by atoms with van der Waals surface area (Å²) < 4.78 is 8.58. The summed E-state index contributed by atoms with van der Waals surface area (Å²) in [6.07, 6.45) is 8.05. The molecule has 1 saturated heterocycles. The molecule has 0 amide bonds. The second-order valence-corrected chi connectivity index (χ2v) is 7.35. The molecule has 4 rings (SSSR count). The average molecular weight is 402 g/mol. The van der Waals surface area contributed by atoms with E-state index in [9.17, 15) is 0 Å². The van der Waals surface area contributed by atoms with Crippen molar-refractivity contribution in [3.8, 4) is 11.3 Å². The van der Waals surface area contributed by atoms with E-state index in [-0.39, 0.29) is 0 Å². The standard InChI is InChI=1S/C18H20BrN5O/c1-11-7-22-18(20)23-17(11)14-10-24(9-12-2-4-25-5-3-12)15-8-21-16(19)6-13(14)15/h6-8,10,12H,2-5,9H2,1H3,(H2,20,22,23). The summed E-state index contributed by atoms with van der Waals surface area (Å²) in [5, 5.41) is 1.12. The van der Waals surface area contributed by atoms with Gasteiger partial charge in [-0.15, -0.1) is 0 Å². The highest BCUT2D eigenvalue weighted by Gasteiger charge is 2.19. The van der Waals surface area contributed by atoms with Gasteiger partial charge in [-0.3, -0.25) is 0 Å². The van der Waals surface area contributed by atoms with E-state index in [1.165, 1.54) is 0 Å². The maximum absolute atomic E-state index is 5.83. The maximum Gasteiger partial charge on any atom is 0.220 e. The Kier molecular flexibility index (Phi) is 4.43. The largest absolute Gasteiger partial charge is 0.381 e. The fourth-order valence-electron chi connectivity index (χ4n) is 3.44. The number of anilines is 1. The number of rotatable bonds is 3. The van der Waals surface area contributed by atoms with Gasteiger partial charge in [-0.05, 0) is 53.2 Å². The van der Waals surface area contributed by atoms with E-state index in [1.807, 2.05) is 19.2 Å². The van der Waals surface area contributed by atoms with Crippen LogP contribution in [0.4, 0.5) is 5.95 Å². The first kappa shape index (κ1) is 16.5. The van der Waals surface area contributed by atoms with Gasteiger partial charge in [0.2, 0.25) is 5.95 Å². The lowest BCUT2D eigenvalue weighted by atomic mass is 10.0. The Morgan fingerprint density at radius 2 is 2.08 bits per heavy atom. The molecule has 0 spiro atoms. The zero-order valence-corrected chi connectivity index (χ0v) is 15.7. The highest BCUT2D eigenvalue weighted by molar-refractivity contribution is 9.10. The number of hydrogen-bond acceptors (Lipinski definition) is 5. The molecule has 7 heteroatoms. The molecule has 0 saturated carbocycles. The first-order valence-corrected chi connectivity index (χ1v) is 9.22. The highest BCUT2D eigenvalue weighted by Crippen LogP contribution is 2.33. The normalized spacial score (nSPS) is 15.8. The predicted octanol–water partition coefficient (Wildman–Crippen LogP) is 3.57. The van der Waals surface area contributed by atoms with E-state index >= 15 is 0 Å². The first-order valence-electron chi connectivity index (χ1n) is 8.43. The van der Waals surface area contributed by atoms with Gasteiger partial charge >= 0.3 is 0 Å². The van der Waals surface area contributed by atoms with Crippen LogP contribution in [0.1, 0.15) is 18.4 Å². The van der Waals surface area contributed by atoms with Crippen molar-refractivity contribution in [3.05, 3.63) is 34.8 Å². The summed E-state index contributed by atoms with van der Waals surface area (Å²) in [6, 6.07) is 2.04. The molecule has 1 aliphatic rings. The molecular weight excluding hydrogens is 382 g/mol. The van der Waals surface area contributed by atoms with E-state index in [2.05, 4.69) is 41.6 Å². The number of aromatic nitrogens is 4. The first-order chi connectivity index (χ1) is 12.1. The summed E-state index contributed by atoms with van der Waals surface area (Å²) in [5.41, 5.74) is 9.89. The number of hydrogen-bond donors (Lipinski definition) is 1.